The molecule has 4 heterocycles. The maximum atomic E-state index is 12.9. The molecule has 2 aliphatic rings. The van der Waals surface area contributed by atoms with Crippen LogP contribution >= 0.6 is 0 Å². The molecule has 3 aromatic rings. The van der Waals surface area contributed by atoms with Gasteiger partial charge in [-0.3, -0.25) is 4.79 Å². The van der Waals surface area contributed by atoms with Crippen LogP contribution in [0.2, 0.25) is 0 Å². The number of aromatic nitrogens is 3. The number of benzene rings is 1. The Kier molecular flexibility index (Phi) is 3.23. The van der Waals surface area contributed by atoms with Crippen molar-refractivity contribution in [1.82, 2.24) is 19.7 Å². The van der Waals surface area contributed by atoms with E-state index in [0.717, 1.165) is 43.0 Å². The number of furan rings is 1. The lowest BCUT2D eigenvalue weighted by Crippen LogP contribution is -2.42. The van der Waals surface area contributed by atoms with Gasteiger partial charge in [-0.2, -0.15) is 0 Å². The van der Waals surface area contributed by atoms with E-state index >= 15 is 0 Å². The van der Waals surface area contributed by atoms with Gasteiger partial charge in [0.05, 0.1) is 17.9 Å². The van der Waals surface area contributed by atoms with Gasteiger partial charge >= 0.3 is 0 Å². The average molecular weight is 334 g/mol. The Balaban J connectivity index is 1.51. The summed E-state index contributed by atoms with van der Waals surface area (Å²) in [5, 5.41) is 8.85. The van der Waals surface area contributed by atoms with Crippen LogP contribution in [-0.4, -0.2) is 37.7 Å². The molecule has 1 aromatic carbocycles. The van der Waals surface area contributed by atoms with Crippen LogP contribution in [0.3, 0.4) is 0 Å². The van der Waals surface area contributed by atoms with Gasteiger partial charge in [-0.15, -0.1) is 10.2 Å². The highest BCUT2D eigenvalue weighted by atomic mass is 16.3. The van der Waals surface area contributed by atoms with Gasteiger partial charge in [0.2, 0.25) is 0 Å². The Hall–Kier alpha value is -2.89. The van der Waals surface area contributed by atoms with Gasteiger partial charge in [0, 0.05) is 24.6 Å². The Morgan fingerprint density at radius 2 is 1.92 bits per heavy atom. The van der Waals surface area contributed by atoms with E-state index in [9.17, 15) is 4.79 Å². The van der Waals surface area contributed by atoms with Crippen molar-refractivity contribution in [2.75, 3.05) is 0 Å². The zero-order chi connectivity index (χ0) is 16.8. The molecule has 126 valence electrons. The second kappa shape index (κ2) is 5.58. The predicted molar refractivity (Wildman–Crippen MR) is 90.8 cm³/mol. The lowest BCUT2D eigenvalue weighted by Gasteiger charge is -2.27. The first-order valence-corrected chi connectivity index (χ1v) is 8.63. The summed E-state index contributed by atoms with van der Waals surface area (Å²) in [5.41, 5.74) is 1.68. The molecule has 0 radical (unpaired) electrons. The van der Waals surface area contributed by atoms with Gasteiger partial charge in [-0.1, -0.05) is 30.3 Å². The van der Waals surface area contributed by atoms with E-state index < -0.39 is 0 Å². The van der Waals surface area contributed by atoms with Gasteiger partial charge in [-0.25, -0.2) is 0 Å². The first kappa shape index (κ1) is 14.5. The van der Waals surface area contributed by atoms with E-state index in [1.165, 1.54) is 6.26 Å². The molecule has 1 fully saturated rings. The number of rotatable bonds is 2. The van der Waals surface area contributed by atoms with Gasteiger partial charge in [0.25, 0.3) is 5.91 Å². The fourth-order valence-electron chi connectivity index (χ4n) is 4.11. The summed E-state index contributed by atoms with van der Waals surface area (Å²) < 4.78 is 7.29. The number of amides is 1. The van der Waals surface area contributed by atoms with Crippen molar-refractivity contribution in [2.24, 2.45) is 0 Å². The maximum Gasteiger partial charge on any atom is 0.257 e. The lowest BCUT2D eigenvalue weighted by atomic mass is 10.1. The summed E-state index contributed by atoms with van der Waals surface area (Å²) in [7, 11) is 0. The molecular weight excluding hydrogens is 316 g/mol. The number of carbonyl (C=O) groups is 1. The third-order valence-electron chi connectivity index (χ3n) is 5.29. The standard InChI is InChI=1S/C19H18N4O2/c24-19(14-8-9-25-12-14)23-15-6-7-16(23)11-22-17(10-15)20-21-18(22)13-4-2-1-3-5-13/h1-5,8-9,12,15-16H,6-7,10-11H2/t15-,16+/m0/s1. The number of hydrogen-bond donors (Lipinski definition) is 0. The van der Waals surface area contributed by atoms with Crippen LogP contribution in [0, 0.1) is 0 Å². The van der Waals surface area contributed by atoms with Crippen molar-refractivity contribution in [1.29, 1.82) is 0 Å². The van der Waals surface area contributed by atoms with Crippen LogP contribution in [-0.2, 0) is 13.0 Å². The van der Waals surface area contributed by atoms with Crippen molar-refractivity contribution in [3.05, 3.63) is 60.3 Å². The van der Waals surface area contributed by atoms with Gasteiger partial charge in [-0.05, 0) is 18.9 Å². The zero-order valence-electron chi connectivity index (χ0n) is 13.7. The molecule has 6 heteroatoms. The molecule has 1 saturated heterocycles. The van der Waals surface area contributed by atoms with Crippen LogP contribution in [0.1, 0.15) is 29.0 Å². The third kappa shape index (κ3) is 2.28. The molecule has 0 unspecified atom stereocenters. The minimum absolute atomic E-state index is 0.0567. The molecule has 5 rings (SSSR count). The summed E-state index contributed by atoms with van der Waals surface area (Å²) in [5.74, 6) is 1.91. The molecule has 2 bridgehead atoms. The maximum absolute atomic E-state index is 12.9. The summed E-state index contributed by atoms with van der Waals surface area (Å²) in [6.07, 6.45) is 5.86. The monoisotopic (exact) mass is 334 g/mol. The molecule has 0 spiro atoms. The Morgan fingerprint density at radius 3 is 2.72 bits per heavy atom. The second-order valence-corrected chi connectivity index (χ2v) is 6.73. The van der Waals surface area contributed by atoms with E-state index in [0.29, 0.717) is 5.56 Å². The molecule has 1 amide bonds. The minimum atomic E-state index is 0.0567. The summed E-state index contributed by atoms with van der Waals surface area (Å²) in [6, 6.07) is 12.2. The van der Waals surface area contributed by atoms with E-state index in [1.54, 1.807) is 12.3 Å². The lowest BCUT2D eigenvalue weighted by molar-refractivity contribution is 0.0665. The number of hydrogen-bond acceptors (Lipinski definition) is 4. The molecule has 6 nitrogen and oxygen atoms in total. The SMILES string of the molecule is O=C(c1ccoc1)N1[C@@H]2CC[C@H]1Cc1nnc(-c3ccccc3)n1C2. The van der Waals surface area contributed by atoms with Crippen molar-refractivity contribution in [2.45, 2.75) is 37.9 Å². The first-order chi connectivity index (χ1) is 12.3. The van der Waals surface area contributed by atoms with Gasteiger partial charge in [0.15, 0.2) is 5.82 Å². The normalized spacial score (nSPS) is 21.8. The highest BCUT2D eigenvalue weighted by Gasteiger charge is 2.41. The second-order valence-electron chi connectivity index (χ2n) is 6.73. The van der Waals surface area contributed by atoms with Crippen LogP contribution < -0.4 is 0 Å². The van der Waals surface area contributed by atoms with E-state index in [1.807, 2.05) is 23.1 Å². The third-order valence-corrected chi connectivity index (χ3v) is 5.29. The van der Waals surface area contributed by atoms with Crippen LogP contribution in [0.4, 0.5) is 0 Å². The first-order valence-electron chi connectivity index (χ1n) is 8.63. The van der Waals surface area contributed by atoms with Crippen molar-refractivity contribution >= 4 is 5.91 Å². The molecule has 2 aliphatic heterocycles. The topological polar surface area (TPSA) is 64.2 Å². The molecule has 2 atom stereocenters. The van der Waals surface area contributed by atoms with Crippen LogP contribution in [0.5, 0.6) is 0 Å². The predicted octanol–water partition coefficient (Wildman–Crippen LogP) is 2.77. The average Bonchev–Trinajstić information content (AvgIpc) is 3.35. The summed E-state index contributed by atoms with van der Waals surface area (Å²) in [4.78, 5) is 15.0. The highest BCUT2D eigenvalue weighted by molar-refractivity contribution is 5.94. The van der Waals surface area contributed by atoms with Crippen molar-refractivity contribution in [3.63, 3.8) is 0 Å². The fourth-order valence-corrected chi connectivity index (χ4v) is 4.11. The molecular formula is C19H18N4O2. The zero-order valence-corrected chi connectivity index (χ0v) is 13.7. The largest absolute Gasteiger partial charge is 0.472 e. The van der Waals surface area contributed by atoms with Gasteiger partial charge in [0.1, 0.15) is 12.1 Å². The Labute approximate surface area is 145 Å². The summed E-state index contributed by atoms with van der Waals surface area (Å²) >= 11 is 0. The van der Waals surface area contributed by atoms with E-state index in [-0.39, 0.29) is 18.0 Å². The number of fused-ring (bicyclic) bond motifs is 3. The highest BCUT2D eigenvalue weighted by Crippen LogP contribution is 2.34. The Bertz CT molecular complexity index is 901. The summed E-state index contributed by atoms with van der Waals surface area (Å²) in [6.45, 7) is 0.743. The molecule has 25 heavy (non-hydrogen) atoms. The molecule has 0 N–H and O–H groups in total. The minimum Gasteiger partial charge on any atom is -0.472 e. The number of nitrogens with zero attached hydrogens (tertiary/aromatic N) is 4. The molecule has 0 saturated carbocycles. The van der Waals surface area contributed by atoms with Gasteiger partial charge < -0.3 is 13.9 Å². The molecule has 2 aromatic heterocycles. The van der Waals surface area contributed by atoms with Crippen molar-refractivity contribution in [3.8, 4) is 11.4 Å². The fraction of sp³-hybridized carbons (Fsp3) is 0.316. The molecule has 0 aliphatic carbocycles. The van der Waals surface area contributed by atoms with E-state index in [2.05, 4.69) is 26.9 Å². The van der Waals surface area contributed by atoms with Crippen molar-refractivity contribution < 1.29 is 9.21 Å². The number of carbonyl (C=O) groups excluding carboxylic acids is 1. The quantitative estimate of drug-likeness (QED) is 0.723. The smallest absolute Gasteiger partial charge is 0.257 e. The van der Waals surface area contributed by atoms with Crippen LogP contribution in [0.25, 0.3) is 11.4 Å². The Morgan fingerprint density at radius 1 is 1.08 bits per heavy atom. The van der Waals surface area contributed by atoms with E-state index in [4.69, 9.17) is 4.42 Å². The van der Waals surface area contributed by atoms with Crippen LogP contribution in [0.15, 0.2) is 53.3 Å².